The van der Waals surface area contributed by atoms with E-state index in [1.54, 1.807) is 7.11 Å². The molecule has 0 spiro atoms. The quantitative estimate of drug-likeness (QED) is 0.678. The highest BCUT2D eigenvalue weighted by molar-refractivity contribution is 7.99. The molecule has 1 heterocycles. The summed E-state index contributed by atoms with van der Waals surface area (Å²) in [5.41, 5.74) is 2.64. The molecule has 2 rings (SSSR count). The lowest BCUT2D eigenvalue weighted by molar-refractivity contribution is -0.113. The summed E-state index contributed by atoms with van der Waals surface area (Å²) in [5, 5.41) is 3.68. The number of aryl methyl sites for hydroxylation is 3. The van der Waals surface area contributed by atoms with E-state index in [4.69, 9.17) is 4.74 Å². The predicted molar refractivity (Wildman–Crippen MR) is 88.6 cm³/mol. The van der Waals surface area contributed by atoms with Crippen LogP contribution in [-0.4, -0.2) is 28.7 Å². The molecule has 6 heteroatoms. The van der Waals surface area contributed by atoms with E-state index in [-0.39, 0.29) is 11.7 Å². The highest BCUT2D eigenvalue weighted by atomic mass is 32.2. The zero-order chi connectivity index (χ0) is 16.1. The molecule has 0 saturated heterocycles. The molecule has 0 aliphatic rings. The molecule has 1 aromatic carbocycles. The minimum atomic E-state index is -0.0946. The largest absolute Gasteiger partial charge is 0.495 e. The minimum absolute atomic E-state index is 0.0946. The predicted octanol–water partition coefficient (Wildman–Crippen LogP) is 3.14. The van der Waals surface area contributed by atoms with Gasteiger partial charge in [-0.05, 0) is 44.5 Å². The number of benzene rings is 1. The molecule has 1 N–H and O–H groups in total. The van der Waals surface area contributed by atoms with E-state index in [1.807, 2.05) is 45.0 Å². The van der Waals surface area contributed by atoms with Crippen LogP contribution in [0.2, 0.25) is 0 Å². The summed E-state index contributed by atoms with van der Waals surface area (Å²) < 4.78 is 5.25. The fraction of sp³-hybridized carbons (Fsp3) is 0.312. The molecule has 1 amide bonds. The first-order chi connectivity index (χ1) is 10.5. The van der Waals surface area contributed by atoms with Gasteiger partial charge in [-0.2, -0.15) is 0 Å². The molecule has 0 fully saturated rings. The van der Waals surface area contributed by atoms with E-state index in [2.05, 4.69) is 15.3 Å². The van der Waals surface area contributed by atoms with E-state index in [0.717, 1.165) is 16.3 Å². The fourth-order valence-electron chi connectivity index (χ4n) is 2.00. The number of methoxy groups -OCH3 is 1. The number of nitrogens with zero attached hydrogens (tertiary/aromatic N) is 2. The van der Waals surface area contributed by atoms with Crippen LogP contribution in [0.15, 0.2) is 29.3 Å². The van der Waals surface area contributed by atoms with E-state index in [0.29, 0.717) is 17.3 Å². The molecule has 0 aliphatic carbocycles. The molecule has 22 heavy (non-hydrogen) atoms. The number of rotatable bonds is 5. The van der Waals surface area contributed by atoms with Crippen LogP contribution in [0.25, 0.3) is 0 Å². The van der Waals surface area contributed by atoms with Gasteiger partial charge in [-0.15, -0.1) is 0 Å². The van der Waals surface area contributed by atoms with Gasteiger partial charge in [0.1, 0.15) is 16.6 Å². The van der Waals surface area contributed by atoms with Crippen molar-refractivity contribution in [3.63, 3.8) is 0 Å². The number of aromatic nitrogens is 2. The van der Waals surface area contributed by atoms with Crippen molar-refractivity contribution in [3.8, 4) is 5.75 Å². The number of carbonyl (C=O) groups excluding carboxylic acids is 1. The number of hydrogen-bond donors (Lipinski definition) is 1. The summed E-state index contributed by atoms with van der Waals surface area (Å²) in [4.78, 5) is 20.6. The van der Waals surface area contributed by atoms with Gasteiger partial charge in [-0.3, -0.25) is 4.79 Å². The topological polar surface area (TPSA) is 64.1 Å². The summed E-state index contributed by atoms with van der Waals surface area (Å²) in [6, 6.07) is 7.55. The van der Waals surface area contributed by atoms with Crippen molar-refractivity contribution in [2.24, 2.45) is 0 Å². The van der Waals surface area contributed by atoms with Crippen molar-refractivity contribution in [3.05, 3.63) is 41.3 Å². The van der Waals surface area contributed by atoms with Crippen LogP contribution in [0, 0.1) is 20.8 Å². The average Bonchev–Trinajstić information content (AvgIpc) is 2.44. The molecule has 1 aromatic heterocycles. The third kappa shape index (κ3) is 4.46. The van der Waals surface area contributed by atoms with E-state index in [9.17, 15) is 4.79 Å². The Morgan fingerprint density at radius 3 is 2.68 bits per heavy atom. The summed E-state index contributed by atoms with van der Waals surface area (Å²) in [7, 11) is 1.58. The molecule has 0 saturated carbocycles. The average molecular weight is 317 g/mol. The zero-order valence-electron chi connectivity index (χ0n) is 13.1. The third-order valence-corrected chi connectivity index (χ3v) is 3.83. The molecule has 0 atom stereocenters. The van der Waals surface area contributed by atoms with Gasteiger partial charge in [-0.25, -0.2) is 9.97 Å². The van der Waals surface area contributed by atoms with Crippen LogP contribution in [0.4, 0.5) is 5.69 Å². The molecule has 116 valence electrons. The standard InChI is InChI=1S/C16H19N3O2S/c1-10-5-6-14(21-4)13(7-10)19-15(20)9-22-16-8-11(2)17-12(3)18-16/h5-8H,9H2,1-4H3,(H,19,20). The van der Waals surface area contributed by atoms with Gasteiger partial charge in [0.05, 0.1) is 18.6 Å². The van der Waals surface area contributed by atoms with Crippen LogP contribution in [0.5, 0.6) is 5.75 Å². The highest BCUT2D eigenvalue weighted by Gasteiger charge is 2.09. The van der Waals surface area contributed by atoms with Crippen LogP contribution < -0.4 is 10.1 Å². The Labute approximate surface area is 134 Å². The van der Waals surface area contributed by atoms with Crippen molar-refractivity contribution in [2.75, 3.05) is 18.2 Å². The molecule has 0 unspecified atom stereocenters. The molecule has 2 aromatic rings. The molecule has 0 bridgehead atoms. The van der Waals surface area contributed by atoms with Crippen molar-refractivity contribution < 1.29 is 9.53 Å². The normalized spacial score (nSPS) is 10.4. The van der Waals surface area contributed by atoms with Gasteiger partial charge in [0.25, 0.3) is 0 Å². The number of thioether (sulfide) groups is 1. The number of ether oxygens (including phenoxy) is 1. The molecule has 5 nitrogen and oxygen atoms in total. The number of hydrogen-bond acceptors (Lipinski definition) is 5. The van der Waals surface area contributed by atoms with Crippen molar-refractivity contribution in [1.82, 2.24) is 9.97 Å². The highest BCUT2D eigenvalue weighted by Crippen LogP contribution is 2.25. The van der Waals surface area contributed by atoms with Gasteiger partial charge in [-0.1, -0.05) is 17.8 Å². The first kappa shape index (κ1) is 16.3. The maximum absolute atomic E-state index is 12.1. The lowest BCUT2D eigenvalue weighted by Gasteiger charge is -2.11. The van der Waals surface area contributed by atoms with Crippen molar-refractivity contribution in [2.45, 2.75) is 25.8 Å². The smallest absolute Gasteiger partial charge is 0.234 e. The Bertz CT molecular complexity index is 669. The SMILES string of the molecule is COc1ccc(C)cc1NC(=O)CSc1cc(C)nc(C)n1. The van der Waals surface area contributed by atoms with Crippen molar-refractivity contribution in [1.29, 1.82) is 0 Å². The second-order valence-corrected chi connectivity index (χ2v) is 5.93. The number of anilines is 1. The fourth-order valence-corrected chi connectivity index (χ4v) is 2.80. The van der Waals surface area contributed by atoms with Gasteiger partial charge in [0.15, 0.2) is 0 Å². The van der Waals surface area contributed by atoms with Crippen LogP contribution >= 0.6 is 11.8 Å². The monoisotopic (exact) mass is 317 g/mol. The van der Waals surface area contributed by atoms with Crippen LogP contribution in [0.3, 0.4) is 0 Å². The molecule has 0 radical (unpaired) electrons. The van der Waals surface area contributed by atoms with E-state index >= 15 is 0 Å². The molecular weight excluding hydrogens is 298 g/mol. The summed E-state index contributed by atoms with van der Waals surface area (Å²) in [6.45, 7) is 5.72. The second kappa shape index (κ2) is 7.26. The van der Waals surface area contributed by atoms with Gasteiger partial charge in [0, 0.05) is 5.69 Å². The first-order valence-electron chi connectivity index (χ1n) is 6.87. The number of carbonyl (C=O) groups is 1. The Morgan fingerprint density at radius 1 is 1.23 bits per heavy atom. The van der Waals surface area contributed by atoms with E-state index < -0.39 is 0 Å². The molecule has 0 aliphatic heterocycles. The van der Waals surface area contributed by atoms with Crippen LogP contribution in [-0.2, 0) is 4.79 Å². The summed E-state index contributed by atoms with van der Waals surface area (Å²) >= 11 is 1.39. The lowest BCUT2D eigenvalue weighted by Crippen LogP contribution is -2.15. The number of nitrogens with one attached hydrogen (secondary N) is 1. The van der Waals surface area contributed by atoms with Gasteiger partial charge in [0.2, 0.25) is 5.91 Å². The second-order valence-electron chi connectivity index (χ2n) is 4.94. The minimum Gasteiger partial charge on any atom is -0.495 e. The Kier molecular flexibility index (Phi) is 5.38. The molecular formula is C16H19N3O2S. The van der Waals surface area contributed by atoms with Crippen LogP contribution in [0.1, 0.15) is 17.1 Å². The summed E-state index contributed by atoms with van der Waals surface area (Å²) in [5.74, 6) is 1.55. The summed E-state index contributed by atoms with van der Waals surface area (Å²) in [6.07, 6.45) is 0. The Hall–Kier alpha value is -2.08. The van der Waals surface area contributed by atoms with E-state index in [1.165, 1.54) is 11.8 Å². The zero-order valence-corrected chi connectivity index (χ0v) is 14.0. The Morgan fingerprint density at radius 2 is 2.00 bits per heavy atom. The van der Waals surface area contributed by atoms with Gasteiger partial charge >= 0.3 is 0 Å². The maximum Gasteiger partial charge on any atom is 0.234 e. The maximum atomic E-state index is 12.1. The number of amides is 1. The van der Waals surface area contributed by atoms with Crippen molar-refractivity contribution >= 4 is 23.4 Å². The first-order valence-corrected chi connectivity index (χ1v) is 7.86. The lowest BCUT2D eigenvalue weighted by atomic mass is 10.2. The van der Waals surface area contributed by atoms with Gasteiger partial charge < -0.3 is 10.1 Å². The third-order valence-electron chi connectivity index (χ3n) is 2.92. The Balaban J connectivity index is 2.00.